The maximum absolute atomic E-state index is 13.8. The second-order valence-corrected chi connectivity index (χ2v) is 7.84. The largest absolute Gasteiger partial charge is 0.493 e. The van der Waals surface area contributed by atoms with E-state index < -0.39 is 17.4 Å². The van der Waals surface area contributed by atoms with Gasteiger partial charge >= 0.3 is 5.97 Å². The second-order valence-electron chi connectivity index (χ2n) is 7.84. The van der Waals surface area contributed by atoms with Crippen LogP contribution in [0.1, 0.15) is 20.8 Å². The Labute approximate surface area is 212 Å². The molecule has 190 valence electrons. The molecular weight excluding hydrogens is 478 g/mol. The van der Waals surface area contributed by atoms with E-state index in [1.54, 1.807) is 48.5 Å². The SMILES string of the molecule is COC(=O)c1c(-c2cc(OC)c(OC)c(OC)c2)c2ccccc2c(=O)n1-c1ccc(C(=O)NN)cc1. The summed E-state index contributed by atoms with van der Waals surface area (Å²) in [7, 11) is 5.70. The lowest BCUT2D eigenvalue weighted by atomic mass is 9.95. The van der Waals surface area contributed by atoms with Crippen LogP contribution in [0.3, 0.4) is 0 Å². The van der Waals surface area contributed by atoms with E-state index in [0.717, 1.165) is 0 Å². The smallest absolute Gasteiger partial charge is 0.355 e. The molecule has 0 spiro atoms. The lowest BCUT2D eigenvalue weighted by Crippen LogP contribution is -2.30. The quantitative estimate of drug-likeness (QED) is 0.170. The molecule has 10 heteroatoms. The van der Waals surface area contributed by atoms with Gasteiger partial charge in [0.15, 0.2) is 11.5 Å². The van der Waals surface area contributed by atoms with Gasteiger partial charge in [0.2, 0.25) is 5.75 Å². The van der Waals surface area contributed by atoms with Crippen molar-refractivity contribution in [2.75, 3.05) is 28.4 Å². The Hall–Kier alpha value is -4.83. The molecule has 0 saturated heterocycles. The molecule has 1 aromatic heterocycles. The summed E-state index contributed by atoms with van der Waals surface area (Å²) >= 11 is 0. The molecule has 0 saturated carbocycles. The van der Waals surface area contributed by atoms with Crippen LogP contribution in [0, 0.1) is 0 Å². The van der Waals surface area contributed by atoms with Crippen LogP contribution in [0.5, 0.6) is 17.2 Å². The highest BCUT2D eigenvalue weighted by molar-refractivity contribution is 6.07. The summed E-state index contributed by atoms with van der Waals surface area (Å²) in [5.74, 6) is 5.10. The fraction of sp³-hybridized carbons (Fsp3) is 0.148. The zero-order valence-electron chi connectivity index (χ0n) is 20.7. The van der Waals surface area contributed by atoms with E-state index in [1.807, 2.05) is 0 Å². The fourth-order valence-corrected chi connectivity index (χ4v) is 4.25. The molecule has 4 rings (SSSR count). The van der Waals surface area contributed by atoms with E-state index in [-0.39, 0.29) is 11.3 Å². The summed E-state index contributed by atoms with van der Waals surface area (Å²) in [5, 5.41) is 0.889. The maximum Gasteiger partial charge on any atom is 0.355 e. The third-order valence-electron chi connectivity index (χ3n) is 5.94. The van der Waals surface area contributed by atoms with Gasteiger partial charge in [-0.25, -0.2) is 10.6 Å². The van der Waals surface area contributed by atoms with Gasteiger partial charge in [0.05, 0.1) is 28.4 Å². The monoisotopic (exact) mass is 503 g/mol. The van der Waals surface area contributed by atoms with E-state index in [1.165, 1.54) is 45.1 Å². The first-order valence-electron chi connectivity index (χ1n) is 11.1. The van der Waals surface area contributed by atoms with Crippen LogP contribution in [-0.2, 0) is 4.74 Å². The van der Waals surface area contributed by atoms with Crippen LogP contribution in [0.4, 0.5) is 0 Å². The molecule has 0 atom stereocenters. The Morgan fingerprint density at radius 1 is 0.838 bits per heavy atom. The standard InChI is InChI=1S/C27H25N3O7/c1-34-20-13-16(14-21(35-2)24(20)36-3)22-18-7-5-6-8-19(18)26(32)30(23(22)27(33)37-4)17-11-9-15(10-12-17)25(31)29-28/h5-14H,28H2,1-4H3,(H,29,31). The Morgan fingerprint density at radius 3 is 1.95 bits per heavy atom. The minimum atomic E-state index is -0.740. The van der Waals surface area contributed by atoms with E-state index in [2.05, 4.69) is 5.43 Å². The topological polar surface area (TPSA) is 131 Å². The Balaban J connectivity index is 2.16. The molecule has 4 aromatic rings. The molecular formula is C27H25N3O7. The van der Waals surface area contributed by atoms with Crippen LogP contribution in [-0.4, -0.2) is 44.9 Å². The average Bonchev–Trinajstić information content (AvgIpc) is 2.95. The normalized spacial score (nSPS) is 10.6. The van der Waals surface area contributed by atoms with Crippen molar-refractivity contribution in [2.24, 2.45) is 5.84 Å². The number of fused-ring (bicyclic) bond motifs is 1. The predicted octanol–water partition coefficient (Wildman–Crippen LogP) is 3.07. The number of nitrogens with zero attached hydrogens (tertiary/aromatic N) is 1. The number of methoxy groups -OCH3 is 4. The first-order valence-corrected chi connectivity index (χ1v) is 11.1. The van der Waals surface area contributed by atoms with Crippen molar-refractivity contribution in [1.29, 1.82) is 0 Å². The van der Waals surface area contributed by atoms with Crippen molar-refractivity contribution in [1.82, 2.24) is 9.99 Å². The number of ether oxygens (including phenoxy) is 4. The van der Waals surface area contributed by atoms with E-state index in [0.29, 0.717) is 44.8 Å². The number of esters is 1. The van der Waals surface area contributed by atoms with Crippen molar-refractivity contribution >= 4 is 22.6 Å². The van der Waals surface area contributed by atoms with Crippen molar-refractivity contribution in [3.05, 3.63) is 82.3 Å². The Bertz CT molecular complexity index is 1530. The van der Waals surface area contributed by atoms with Gasteiger partial charge in [-0.15, -0.1) is 0 Å². The van der Waals surface area contributed by atoms with Gasteiger partial charge in [0.25, 0.3) is 11.5 Å². The molecule has 3 aromatic carbocycles. The number of carbonyl (C=O) groups is 2. The minimum absolute atomic E-state index is 0.0171. The molecule has 0 aliphatic rings. The van der Waals surface area contributed by atoms with Crippen LogP contribution in [0.25, 0.3) is 27.6 Å². The summed E-state index contributed by atoms with van der Waals surface area (Å²) in [6.45, 7) is 0. The lowest BCUT2D eigenvalue weighted by molar-refractivity contribution is 0.0591. The number of rotatable bonds is 7. The van der Waals surface area contributed by atoms with Gasteiger partial charge in [-0.1, -0.05) is 18.2 Å². The van der Waals surface area contributed by atoms with Gasteiger partial charge in [0, 0.05) is 22.2 Å². The van der Waals surface area contributed by atoms with Crippen LogP contribution in [0.2, 0.25) is 0 Å². The molecule has 0 unspecified atom stereocenters. The number of carbonyl (C=O) groups excluding carboxylic acids is 2. The molecule has 0 aliphatic heterocycles. The van der Waals surface area contributed by atoms with Crippen molar-refractivity contribution in [2.45, 2.75) is 0 Å². The second kappa shape index (κ2) is 10.4. The molecule has 10 nitrogen and oxygen atoms in total. The van der Waals surface area contributed by atoms with Gasteiger partial charge in [-0.2, -0.15) is 0 Å². The van der Waals surface area contributed by atoms with Crippen LogP contribution in [0.15, 0.2) is 65.5 Å². The molecule has 0 aliphatic carbocycles. The van der Waals surface area contributed by atoms with Gasteiger partial charge < -0.3 is 18.9 Å². The molecule has 37 heavy (non-hydrogen) atoms. The third-order valence-corrected chi connectivity index (χ3v) is 5.94. The summed E-state index contributed by atoms with van der Waals surface area (Å²) < 4.78 is 22.9. The zero-order chi connectivity index (χ0) is 26.7. The van der Waals surface area contributed by atoms with Gasteiger partial charge in [0.1, 0.15) is 5.69 Å². The number of nitrogens with one attached hydrogen (secondary N) is 1. The summed E-state index contributed by atoms with van der Waals surface area (Å²) in [6, 6.07) is 16.4. The predicted molar refractivity (Wildman–Crippen MR) is 138 cm³/mol. The number of aromatic nitrogens is 1. The number of nitrogens with two attached hydrogens (primary N) is 1. The highest BCUT2D eigenvalue weighted by atomic mass is 16.5. The summed E-state index contributed by atoms with van der Waals surface area (Å²) in [6.07, 6.45) is 0. The van der Waals surface area contributed by atoms with Crippen LogP contribution < -0.4 is 31.0 Å². The van der Waals surface area contributed by atoms with Crippen molar-refractivity contribution < 1.29 is 28.5 Å². The highest BCUT2D eigenvalue weighted by Crippen LogP contribution is 2.43. The van der Waals surface area contributed by atoms with Gasteiger partial charge in [-0.3, -0.25) is 19.6 Å². The lowest BCUT2D eigenvalue weighted by Gasteiger charge is -2.20. The molecule has 0 fully saturated rings. The molecule has 1 amide bonds. The summed E-state index contributed by atoms with van der Waals surface area (Å²) in [4.78, 5) is 39.0. The van der Waals surface area contributed by atoms with E-state index >= 15 is 0 Å². The fourth-order valence-electron chi connectivity index (χ4n) is 4.25. The molecule has 0 radical (unpaired) electrons. The van der Waals surface area contributed by atoms with E-state index in [4.69, 9.17) is 24.8 Å². The maximum atomic E-state index is 13.8. The number of hydrazine groups is 1. The van der Waals surface area contributed by atoms with Crippen molar-refractivity contribution in [3.8, 4) is 34.1 Å². The number of amides is 1. The first kappa shape index (κ1) is 25.3. The Morgan fingerprint density at radius 2 is 1.43 bits per heavy atom. The zero-order valence-corrected chi connectivity index (χ0v) is 20.7. The van der Waals surface area contributed by atoms with Crippen LogP contribution >= 0.6 is 0 Å². The first-order chi connectivity index (χ1) is 17.9. The van der Waals surface area contributed by atoms with E-state index in [9.17, 15) is 14.4 Å². The number of hydrogen-bond donors (Lipinski definition) is 2. The summed E-state index contributed by atoms with van der Waals surface area (Å²) in [5.41, 5.74) is 3.18. The van der Waals surface area contributed by atoms with Gasteiger partial charge in [-0.05, 0) is 53.4 Å². The molecule has 1 heterocycles. The molecule has 0 bridgehead atoms. The molecule has 3 N–H and O–H groups in total. The Kier molecular flexibility index (Phi) is 7.12. The number of hydrogen-bond acceptors (Lipinski definition) is 8. The minimum Gasteiger partial charge on any atom is -0.493 e. The van der Waals surface area contributed by atoms with Crippen molar-refractivity contribution in [3.63, 3.8) is 0 Å². The number of nitrogen functional groups attached to an aromatic ring is 1. The highest BCUT2D eigenvalue weighted by Gasteiger charge is 2.27. The average molecular weight is 504 g/mol. The number of benzene rings is 3. The number of pyridine rings is 1. The third kappa shape index (κ3) is 4.34.